The second kappa shape index (κ2) is 7.85. The SMILES string of the molecule is O=C(O)n1cc(-c2ccc(NCCCc3ccccc3Cl)cc2)cn1. The zero-order chi connectivity index (χ0) is 17.6. The van der Waals surface area contributed by atoms with Crippen LogP contribution in [0.15, 0.2) is 60.9 Å². The Balaban J connectivity index is 1.52. The predicted octanol–water partition coefficient (Wildman–Crippen LogP) is 4.77. The lowest BCUT2D eigenvalue weighted by molar-refractivity contribution is 0.192. The minimum atomic E-state index is -1.09. The molecule has 0 fully saturated rings. The van der Waals surface area contributed by atoms with E-state index < -0.39 is 6.09 Å². The Hall–Kier alpha value is -2.79. The van der Waals surface area contributed by atoms with E-state index in [9.17, 15) is 4.79 Å². The first kappa shape index (κ1) is 17.0. The Morgan fingerprint density at radius 2 is 1.88 bits per heavy atom. The van der Waals surface area contributed by atoms with Crippen LogP contribution in [0.4, 0.5) is 10.5 Å². The molecule has 0 aliphatic heterocycles. The molecule has 3 aromatic rings. The first-order valence-corrected chi connectivity index (χ1v) is 8.37. The summed E-state index contributed by atoms with van der Waals surface area (Å²) in [5, 5.41) is 16.9. The average Bonchev–Trinajstić information content (AvgIpc) is 3.11. The van der Waals surface area contributed by atoms with Crippen molar-refractivity contribution in [2.75, 3.05) is 11.9 Å². The first-order chi connectivity index (χ1) is 12.1. The van der Waals surface area contributed by atoms with Gasteiger partial charge >= 0.3 is 6.09 Å². The topological polar surface area (TPSA) is 67.2 Å². The largest absolute Gasteiger partial charge is 0.463 e. The molecule has 0 radical (unpaired) electrons. The summed E-state index contributed by atoms with van der Waals surface area (Å²) in [5.74, 6) is 0. The maximum Gasteiger partial charge on any atom is 0.432 e. The van der Waals surface area contributed by atoms with Gasteiger partial charge in [0, 0.05) is 29.0 Å². The highest BCUT2D eigenvalue weighted by atomic mass is 35.5. The van der Waals surface area contributed by atoms with Gasteiger partial charge < -0.3 is 10.4 Å². The molecule has 0 saturated heterocycles. The van der Waals surface area contributed by atoms with Crippen molar-refractivity contribution in [1.82, 2.24) is 9.78 Å². The molecular formula is C19H18ClN3O2. The van der Waals surface area contributed by atoms with Crippen molar-refractivity contribution in [3.8, 4) is 11.1 Å². The number of hydrogen-bond donors (Lipinski definition) is 2. The van der Waals surface area contributed by atoms with E-state index in [4.69, 9.17) is 16.7 Å². The van der Waals surface area contributed by atoms with Gasteiger partial charge in [0.25, 0.3) is 0 Å². The van der Waals surface area contributed by atoms with Gasteiger partial charge in [-0.3, -0.25) is 0 Å². The van der Waals surface area contributed by atoms with Crippen molar-refractivity contribution in [2.45, 2.75) is 12.8 Å². The summed E-state index contributed by atoms with van der Waals surface area (Å²) in [4.78, 5) is 10.9. The highest BCUT2D eigenvalue weighted by Crippen LogP contribution is 2.21. The molecule has 0 aliphatic carbocycles. The number of aryl methyl sites for hydroxylation is 1. The number of anilines is 1. The zero-order valence-corrected chi connectivity index (χ0v) is 14.3. The van der Waals surface area contributed by atoms with Gasteiger partial charge in [-0.25, -0.2) is 4.79 Å². The standard InChI is InChI=1S/C19H18ClN3O2/c20-18-6-2-1-4-15(18)5-3-11-21-17-9-7-14(8-10-17)16-12-22-23(13-16)19(24)25/h1-2,4,6-10,12-13,21H,3,5,11H2,(H,24,25). The van der Waals surface area contributed by atoms with Crippen LogP contribution in [0.2, 0.25) is 5.02 Å². The number of nitrogens with one attached hydrogen (secondary N) is 1. The fraction of sp³-hybridized carbons (Fsp3) is 0.158. The highest BCUT2D eigenvalue weighted by molar-refractivity contribution is 6.31. The van der Waals surface area contributed by atoms with Crippen molar-refractivity contribution in [3.05, 3.63) is 71.5 Å². The Morgan fingerprint density at radius 3 is 2.56 bits per heavy atom. The molecule has 0 saturated carbocycles. The molecule has 0 aliphatic rings. The summed E-state index contributed by atoms with van der Waals surface area (Å²) in [6.45, 7) is 0.849. The molecule has 6 heteroatoms. The lowest BCUT2D eigenvalue weighted by Gasteiger charge is -2.08. The molecule has 0 spiro atoms. The zero-order valence-electron chi connectivity index (χ0n) is 13.5. The summed E-state index contributed by atoms with van der Waals surface area (Å²) < 4.78 is 0.899. The number of carboxylic acid groups (broad SMARTS) is 1. The highest BCUT2D eigenvalue weighted by Gasteiger charge is 2.06. The van der Waals surface area contributed by atoms with Gasteiger partial charge in [-0.05, 0) is 42.2 Å². The molecule has 25 heavy (non-hydrogen) atoms. The van der Waals surface area contributed by atoms with Crippen LogP contribution in [0.1, 0.15) is 12.0 Å². The molecule has 1 heterocycles. The fourth-order valence-electron chi connectivity index (χ4n) is 2.57. The third-order valence-electron chi connectivity index (χ3n) is 3.91. The summed E-state index contributed by atoms with van der Waals surface area (Å²) >= 11 is 6.15. The first-order valence-electron chi connectivity index (χ1n) is 7.99. The summed E-state index contributed by atoms with van der Waals surface area (Å²) in [7, 11) is 0. The summed E-state index contributed by atoms with van der Waals surface area (Å²) in [6.07, 6.45) is 3.85. The predicted molar refractivity (Wildman–Crippen MR) is 99.3 cm³/mol. The minimum absolute atomic E-state index is 0.771. The quantitative estimate of drug-likeness (QED) is 0.625. The van der Waals surface area contributed by atoms with Gasteiger partial charge in [-0.15, -0.1) is 0 Å². The molecular weight excluding hydrogens is 338 g/mol. The molecule has 0 unspecified atom stereocenters. The normalized spacial score (nSPS) is 10.6. The smallest absolute Gasteiger partial charge is 0.432 e. The van der Waals surface area contributed by atoms with E-state index in [2.05, 4.69) is 16.5 Å². The van der Waals surface area contributed by atoms with Crippen molar-refractivity contribution in [2.24, 2.45) is 0 Å². The minimum Gasteiger partial charge on any atom is -0.463 e. The van der Waals surface area contributed by atoms with Gasteiger partial charge in [0.1, 0.15) is 0 Å². The number of carbonyl (C=O) groups is 1. The Kier molecular flexibility index (Phi) is 5.36. The second-order valence-corrected chi connectivity index (χ2v) is 6.06. The van der Waals surface area contributed by atoms with Gasteiger partial charge in [0.05, 0.1) is 6.20 Å². The Morgan fingerprint density at radius 1 is 1.12 bits per heavy atom. The molecule has 0 atom stereocenters. The van der Waals surface area contributed by atoms with Crippen LogP contribution < -0.4 is 5.32 Å². The van der Waals surface area contributed by atoms with Crippen LogP contribution in [0.25, 0.3) is 11.1 Å². The van der Waals surface area contributed by atoms with Crippen LogP contribution in [0, 0.1) is 0 Å². The molecule has 3 rings (SSSR count). The molecule has 5 nitrogen and oxygen atoms in total. The molecule has 128 valence electrons. The lowest BCUT2D eigenvalue weighted by atomic mass is 10.1. The number of nitrogens with zero attached hydrogens (tertiary/aromatic N) is 2. The van der Waals surface area contributed by atoms with E-state index in [0.717, 1.165) is 51.5 Å². The van der Waals surface area contributed by atoms with Crippen LogP contribution in [0.3, 0.4) is 0 Å². The van der Waals surface area contributed by atoms with Crippen molar-refractivity contribution in [1.29, 1.82) is 0 Å². The van der Waals surface area contributed by atoms with Crippen molar-refractivity contribution < 1.29 is 9.90 Å². The maximum absolute atomic E-state index is 10.9. The molecule has 0 amide bonds. The number of halogens is 1. The Labute approximate surface area is 150 Å². The number of benzene rings is 2. The van der Waals surface area contributed by atoms with E-state index in [0.29, 0.717) is 0 Å². The fourth-order valence-corrected chi connectivity index (χ4v) is 2.80. The third kappa shape index (κ3) is 4.39. The third-order valence-corrected chi connectivity index (χ3v) is 4.28. The van der Waals surface area contributed by atoms with E-state index in [1.807, 2.05) is 42.5 Å². The van der Waals surface area contributed by atoms with Crippen LogP contribution in [-0.2, 0) is 6.42 Å². The maximum atomic E-state index is 10.9. The number of rotatable bonds is 6. The number of aromatic nitrogens is 2. The molecule has 1 aromatic heterocycles. The van der Waals surface area contributed by atoms with Gasteiger partial charge in [-0.1, -0.05) is 41.9 Å². The second-order valence-electron chi connectivity index (χ2n) is 5.66. The van der Waals surface area contributed by atoms with E-state index in [-0.39, 0.29) is 0 Å². The van der Waals surface area contributed by atoms with Gasteiger partial charge in [-0.2, -0.15) is 9.78 Å². The summed E-state index contributed by atoms with van der Waals surface area (Å²) in [6, 6.07) is 15.7. The van der Waals surface area contributed by atoms with Gasteiger partial charge in [0.2, 0.25) is 0 Å². The average molecular weight is 356 g/mol. The molecule has 0 bridgehead atoms. The Bertz CT molecular complexity index is 859. The van der Waals surface area contributed by atoms with Crippen molar-refractivity contribution >= 4 is 23.4 Å². The molecule has 2 N–H and O–H groups in total. The van der Waals surface area contributed by atoms with Crippen molar-refractivity contribution in [3.63, 3.8) is 0 Å². The van der Waals surface area contributed by atoms with E-state index >= 15 is 0 Å². The van der Waals surface area contributed by atoms with E-state index in [1.54, 1.807) is 6.20 Å². The van der Waals surface area contributed by atoms with Crippen LogP contribution in [0.5, 0.6) is 0 Å². The van der Waals surface area contributed by atoms with Gasteiger partial charge in [0.15, 0.2) is 0 Å². The van der Waals surface area contributed by atoms with Crippen LogP contribution >= 0.6 is 11.6 Å². The summed E-state index contributed by atoms with van der Waals surface area (Å²) in [5.41, 5.74) is 3.88. The number of hydrogen-bond acceptors (Lipinski definition) is 3. The monoisotopic (exact) mass is 355 g/mol. The lowest BCUT2D eigenvalue weighted by Crippen LogP contribution is -2.07. The van der Waals surface area contributed by atoms with E-state index in [1.165, 1.54) is 6.20 Å². The van der Waals surface area contributed by atoms with Crippen LogP contribution in [-0.4, -0.2) is 27.5 Å². The molecule has 2 aromatic carbocycles.